The Morgan fingerprint density at radius 3 is 2.46 bits per heavy atom. The Morgan fingerprint density at radius 1 is 1.19 bits per heavy atom. The second-order valence-electron chi connectivity index (χ2n) is 5.63. The number of nitrogens with one attached hydrogen (secondary N) is 2. The zero-order valence-corrected chi connectivity index (χ0v) is 14.7. The smallest absolute Gasteiger partial charge is 0.306 e. The first-order chi connectivity index (χ1) is 12.3. The van der Waals surface area contributed by atoms with E-state index in [9.17, 15) is 18.0 Å². The molecule has 0 radical (unpaired) electrons. The van der Waals surface area contributed by atoms with Gasteiger partial charge in [0.1, 0.15) is 0 Å². The zero-order valence-electron chi connectivity index (χ0n) is 13.9. The number of anilines is 1. The van der Waals surface area contributed by atoms with E-state index in [0.717, 1.165) is 4.31 Å². The van der Waals surface area contributed by atoms with Gasteiger partial charge in [0.05, 0.1) is 21.6 Å². The van der Waals surface area contributed by atoms with Crippen LogP contribution in [0.4, 0.5) is 5.69 Å². The highest BCUT2D eigenvalue weighted by Crippen LogP contribution is 2.24. The first kappa shape index (κ1) is 17.7. The molecule has 3 N–H and O–H groups in total. The van der Waals surface area contributed by atoms with Crippen LogP contribution in [-0.4, -0.2) is 36.1 Å². The largest absolute Gasteiger partial charge is 0.326 e. The van der Waals surface area contributed by atoms with Crippen LogP contribution in [0.25, 0.3) is 11.0 Å². The Kier molecular flexibility index (Phi) is 4.30. The Labute approximate surface area is 148 Å². The monoisotopic (exact) mass is 376 g/mol. The third-order valence-electron chi connectivity index (χ3n) is 4.13. The van der Waals surface area contributed by atoms with Crippen molar-refractivity contribution in [3.05, 3.63) is 58.5 Å². The van der Waals surface area contributed by atoms with Gasteiger partial charge in [-0.2, -0.15) is 0 Å². The average Bonchev–Trinajstić information content (AvgIpc) is 2.94. The second kappa shape index (κ2) is 6.32. The van der Waals surface area contributed by atoms with Gasteiger partial charge in [-0.05, 0) is 42.5 Å². The number of hydrogen-bond donors (Lipinski definition) is 3. The minimum atomic E-state index is -3.87. The maximum Gasteiger partial charge on any atom is 0.326 e. The highest BCUT2D eigenvalue weighted by atomic mass is 32.2. The molecule has 26 heavy (non-hydrogen) atoms. The summed E-state index contributed by atoms with van der Waals surface area (Å²) in [7, 11) is -0.901. The summed E-state index contributed by atoms with van der Waals surface area (Å²) in [5.74, 6) is -0.694. The lowest BCUT2D eigenvalue weighted by molar-refractivity contribution is 0.0706. The molecule has 0 aliphatic rings. The fourth-order valence-corrected chi connectivity index (χ4v) is 3.78. The first-order valence-electron chi connectivity index (χ1n) is 7.48. The van der Waals surface area contributed by atoms with E-state index in [0.29, 0.717) is 16.7 Å². The van der Waals surface area contributed by atoms with Crippen molar-refractivity contribution in [3.8, 4) is 0 Å². The molecule has 0 saturated heterocycles. The number of carbonyl (C=O) groups is 1. The van der Waals surface area contributed by atoms with Crippen molar-refractivity contribution in [2.75, 3.05) is 11.4 Å². The molecule has 0 atom stereocenters. The van der Waals surface area contributed by atoms with Gasteiger partial charge in [0.15, 0.2) is 0 Å². The highest BCUT2D eigenvalue weighted by molar-refractivity contribution is 7.92. The molecule has 136 valence electrons. The molecule has 1 heterocycles. The number of nitrogens with zero attached hydrogens (tertiary/aromatic N) is 2. The molecule has 1 amide bonds. The van der Waals surface area contributed by atoms with Crippen molar-refractivity contribution in [1.29, 1.82) is 0 Å². The molecule has 0 aliphatic carbocycles. The van der Waals surface area contributed by atoms with E-state index in [2.05, 4.69) is 4.98 Å². The number of hydroxylamine groups is 1. The summed E-state index contributed by atoms with van der Waals surface area (Å²) in [5.41, 5.74) is 2.71. The fraction of sp³-hybridized carbons (Fsp3) is 0.125. The first-order valence-corrected chi connectivity index (χ1v) is 8.92. The van der Waals surface area contributed by atoms with Gasteiger partial charge in [0.2, 0.25) is 0 Å². The number of imidazole rings is 1. The van der Waals surface area contributed by atoms with Crippen molar-refractivity contribution in [3.63, 3.8) is 0 Å². The number of carbonyl (C=O) groups excluding carboxylic acids is 1. The number of aryl methyl sites for hydroxylation is 1. The van der Waals surface area contributed by atoms with Gasteiger partial charge >= 0.3 is 5.69 Å². The lowest BCUT2D eigenvalue weighted by Crippen LogP contribution is -2.26. The molecule has 0 aliphatic heterocycles. The van der Waals surface area contributed by atoms with E-state index >= 15 is 0 Å². The van der Waals surface area contributed by atoms with Crippen molar-refractivity contribution in [1.82, 2.24) is 15.0 Å². The molecule has 0 spiro atoms. The minimum Gasteiger partial charge on any atom is -0.306 e. The fourth-order valence-electron chi connectivity index (χ4n) is 2.56. The van der Waals surface area contributed by atoms with Crippen LogP contribution in [-0.2, 0) is 17.1 Å². The average molecular weight is 376 g/mol. The lowest BCUT2D eigenvalue weighted by atomic mass is 10.2. The third kappa shape index (κ3) is 2.85. The molecule has 10 heteroatoms. The number of sulfonamides is 1. The molecular formula is C16H16N4O5S. The summed E-state index contributed by atoms with van der Waals surface area (Å²) >= 11 is 0. The molecule has 1 aromatic heterocycles. The molecule has 0 saturated carbocycles. The van der Waals surface area contributed by atoms with Crippen LogP contribution in [0.5, 0.6) is 0 Å². The summed E-state index contributed by atoms with van der Waals surface area (Å²) in [4.78, 5) is 25.6. The van der Waals surface area contributed by atoms with Crippen molar-refractivity contribution >= 4 is 32.7 Å². The SMILES string of the molecule is CN(c1ccc(C(=O)NO)cc1)S(=O)(=O)c1ccc2c(c1)[nH]c(=O)n2C. The molecular weight excluding hydrogens is 360 g/mol. The molecule has 0 unspecified atom stereocenters. The Bertz CT molecular complexity index is 1150. The maximum atomic E-state index is 12.9. The number of benzene rings is 2. The standard InChI is InChI=1S/C16H16N4O5S/c1-19-14-8-7-12(9-13(14)17-16(19)22)26(24,25)20(2)11-5-3-10(4-6-11)15(21)18-23/h3-9,23H,1-2H3,(H,17,22)(H,18,21). The van der Waals surface area contributed by atoms with Crippen molar-refractivity contribution in [2.24, 2.45) is 7.05 Å². The topological polar surface area (TPSA) is 124 Å². The van der Waals surface area contributed by atoms with Crippen LogP contribution in [0, 0.1) is 0 Å². The summed E-state index contributed by atoms with van der Waals surface area (Å²) in [5, 5.41) is 8.62. The number of hydrogen-bond acceptors (Lipinski definition) is 5. The predicted octanol–water partition coefficient (Wildman–Crippen LogP) is 0.811. The van der Waals surface area contributed by atoms with Gasteiger partial charge in [0, 0.05) is 19.7 Å². The summed E-state index contributed by atoms with van der Waals surface area (Å²) in [6.07, 6.45) is 0. The van der Waals surface area contributed by atoms with Gasteiger partial charge in [-0.3, -0.25) is 18.9 Å². The molecule has 9 nitrogen and oxygen atoms in total. The van der Waals surface area contributed by atoms with E-state index in [1.54, 1.807) is 13.1 Å². The Balaban J connectivity index is 1.99. The van der Waals surface area contributed by atoms with E-state index < -0.39 is 15.9 Å². The number of aromatic nitrogens is 2. The number of aromatic amines is 1. The number of amides is 1. The van der Waals surface area contributed by atoms with Crippen molar-refractivity contribution in [2.45, 2.75) is 4.90 Å². The zero-order chi connectivity index (χ0) is 19.1. The highest BCUT2D eigenvalue weighted by Gasteiger charge is 2.22. The molecule has 3 rings (SSSR count). The molecule has 0 bridgehead atoms. The van der Waals surface area contributed by atoms with Crippen LogP contribution in [0.2, 0.25) is 0 Å². The number of rotatable bonds is 4. The normalized spacial score (nSPS) is 11.5. The predicted molar refractivity (Wildman–Crippen MR) is 94.8 cm³/mol. The van der Waals surface area contributed by atoms with Crippen LogP contribution in [0.3, 0.4) is 0 Å². The maximum absolute atomic E-state index is 12.9. The quantitative estimate of drug-likeness (QED) is 0.459. The minimum absolute atomic E-state index is 0.0199. The van der Waals surface area contributed by atoms with Gasteiger partial charge in [0.25, 0.3) is 15.9 Å². The van der Waals surface area contributed by atoms with Crippen LogP contribution in [0.1, 0.15) is 10.4 Å². The van der Waals surface area contributed by atoms with Crippen LogP contribution >= 0.6 is 0 Å². The van der Waals surface area contributed by atoms with E-state index in [1.807, 2.05) is 0 Å². The van der Waals surface area contributed by atoms with Crippen LogP contribution < -0.4 is 15.5 Å². The lowest BCUT2D eigenvalue weighted by Gasteiger charge is -2.19. The third-order valence-corrected chi connectivity index (χ3v) is 5.91. The number of fused-ring (bicyclic) bond motifs is 1. The summed E-state index contributed by atoms with van der Waals surface area (Å²) < 4.78 is 28.2. The summed E-state index contributed by atoms with van der Waals surface area (Å²) in [6.45, 7) is 0. The Hall–Kier alpha value is -3.11. The molecule has 3 aromatic rings. The van der Waals surface area contributed by atoms with Gasteiger partial charge in [-0.1, -0.05) is 0 Å². The van der Waals surface area contributed by atoms with Crippen LogP contribution in [0.15, 0.2) is 52.2 Å². The summed E-state index contributed by atoms with van der Waals surface area (Å²) in [6, 6.07) is 10.1. The van der Waals surface area contributed by atoms with E-state index in [1.165, 1.54) is 53.5 Å². The molecule has 0 fully saturated rings. The van der Waals surface area contributed by atoms with Gasteiger partial charge in [-0.25, -0.2) is 18.7 Å². The van der Waals surface area contributed by atoms with Crippen molar-refractivity contribution < 1.29 is 18.4 Å². The molecule has 2 aromatic carbocycles. The van der Waals surface area contributed by atoms with Gasteiger partial charge < -0.3 is 4.98 Å². The Morgan fingerprint density at radius 2 is 1.85 bits per heavy atom. The second-order valence-corrected chi connectivity index (χ2v) is 7.60. The number of H-pyrrole nitrogens is 1. The van der Waals surface area contributed by atoms with E-state index in [4.69, 9.17) is 5.21 Å². The van der Waals surface area contributed by atoms with Gasteiger partial charge in [-0.15, -0.1) is 0 Å². The van der Waals surface area contributed by atoms with E-state index in [-0.39, 0.29) is 16.1 Å².